The van der Waals surface area contributed by atoms with Crippen LogP contribution in [0.3, 0.4) is 0 Å². The number of furan rings is 1. The molecule has 116 valence electrons. The smallest absolute Gasteiger partial charge is 0.289 e. The Kier molecular flexibility index (Phi) is 4.31. The van der Waals surface area contributed by atoms with Crippen LogP contribution in [-0.4, -0.2) is 54.5 Å². The van der Waals surface area contributed by atoms with E-state index in [9.17, 15) is 4.79 Å². The molecule has 3 heterocycles. The number of carbonyl (C=O) groups excluding carboxylic acids is 1. The molecule has 0 unspecified atom stereocenters. The van der Waals surface area contributed by atoms with Crippen LogP contribution in [0.2, 0.25) is 0 Å². The number of amides is 1. The number of hydrogen-bond donors (Lipinski definition) is 0. The molecule has 0 aliphatic carbocycles. The van der Waals surface area contributed by atoms with Crippen molar-refractivity contribution in [3.63, 3.8) is 0 Å². The van der Waals surface area contributed by atoms with Gasteiger partial charge >= 0.3 is 0 Å². The molecule has 2 saturated heterocycles. The maximum Gasteiger partial charge on any atom is 0.289 e. The van der Waals surface area contributed by atoms with E-state index in [2.05, 4.69) is 11.8 Å². The fourth-order valence-electron chi connectivity index (χ4n) is 3.36. The lowest BCUT2D eigenvalue weighted by Crippen LogP contribution is -2.63. The zero-order valence-corrected chi connectivity index (χ0v) is 12.9. The maximum absolute atomic E-state index is 12.3. The molecule has 0 aromatic carbocycles. The van der Waals surface area contributed by atoms with Gasteiger partial charge in [-0.3, -0.25) is 9.69 Å². The Morgan fingerprint density at radius 3 is 2.90 bits per heavy atom. The summed E-state index contributed by atoms with van der Waals surface area (Å²) in [5.74, 6) is 1.12. The minimum atomic E-state index is -0.00161. The Balaban J connectivity index is 1.54. The standard InChI is InChI=1S/C16H24N2O3/c1-12-5-3-4-8-18(12)13-9-17(10-13)16(19)15-7-6-14(21-15)11-20-2/h6-7,12-13H,3-5,8-11H2,1-2H3/t12-/m0/s1. The van der Waals surface area contributed by atoms with Gasteiger partial charge in [0, 0.05) is 32.3 Å². The van der Waals surface area contributed by atoms with Crippen molar-refractivity contribution in [2.45, 2.75) is 44.9 Å². The molecule has 0 bridgehead atoms. The molecule has 1 aromatic heterocycles. The third-order valence-electron chi connectivity index (χ3n) is 4.63. The first-order valence-electron chi connectivity index (χ1n) is 7.81. The lowest BCUT2D eigenvalue weighted by atomic mass is 9.97. The van der Waals surface area contributed by atoms with Crippen molar-refractivity contribution in [3.8, 4) is 0 Å². The minimum Gasteiger partial charge on any atom is -0.453 e. The molecular formula is C16H24N2O3. The van der Waals surface area contributed by atoms with Gasteiger partial charge in [-0.15, -0.1) is 0 Å². The Hall–Kier alpha value is -1.33. The molecule has 1 atom stereocenters. The Bertz CT molecular complexity index is 493. The van der Waals surface area contributed by atoms with Crippen LogP contribution in [0.15, 0.2) is 16.5 Å². The summed E-state index contributed by atoms with van der Waals surface area (Å²) in [4.78, 5) is 16.8. The zero-order chi connectivity index (χ0) is 14.8. The number of methoxy groups -OCH3 is 1. The number of nitrogens with zero attached hydrogens (tertiary/aromatic N) is 2. The Morgan fingerprint density at radius 1 is 1.38 bits per heavy atom. The van der Waals surface area contributed by atoms with E-state index in [1.807, 2.05) is 4.90 Å². The first-order valence-corrected chi connectivity index (χ1v) is 7.81. The number of piperidine rings is 1. The van der Waals surface area contributed by atoms with Crippen LogP contribution >= 0.6 is 0 Å². The van der Waals surface area contributed by atoms with Crippen LogP contribution in [0, 0.1) is 0 Å². The van der Waals surface area contributed by atoms with Crippen molar-refractivity contribution in [3.05, 3.63) is 23.7 Å². The summed E-state index contributed by atoms with van der Waals surface area (Å²) in [5.41, 5.74) is 0. The third-order valence-corrected chi connectivity index (χ3v) is 4.63. The fourth-order valence-corrected chi connectivity index (χ4v) is 3.36. The predicted molar refractivity (Wildman–Crippen MR) is 79.1 cm³/mol. The van der Waals surface area contributed by atoms with E-state index < -0.39 is 0 Å². The van der Waals surface area contributed by atoms with E-state index in [0.29, 0.717) is 30.2 Å². The van der Waals surface area contributed by atoms with E-state index in [4.69, 9.17) is 9.15 Å². The van der Waals surface area contributed by atoms with Gasteiger partial charge in [-0.05, 0) is 38.4 Å². The lowest BCUT2D eigenvalue weighted by molar-refractivity contribution is 0.000332. The number of likely N-dealkylation sites (tertiary alicyclic amines) is 2. The topological polar surface area (TPSA) is 45.9 Å². The highest BCUT2D eigenvalue weighted by atomic mass is 16.5. The summed E-state index contributed by atoms with van der Waals surface area (Å²) in [5, 5.41) is 0. The molecule has 1 aromatic rings. The van der Waals surface area contributed by atoms with Crippen molar-refractivity contribution in [2.24, 2.45) is 0 Å². The summed E-state index contributed by atoms with van der Waals surface area (Å²) in [6, 6.07) is 4.73. The molecule has 2 fully saturated rings. The summed E-state index contributed by atoms with van der Waals surface area (Å²) < 4.78 is 10.5. The lowest BCUT2D eigenvalue weighted by Gasteiger charge is -2.48. The second-order valence-electron chi connectivity index (χ2n) is 6.15. The van der Waals surface area contributed by atoms with Gasteiger partial charge in [-0.2, -0.15) is 0 Å². The highest BCUT2D eigenvalue weighted by Gasteiger charge is 2.38. The molecule has 0 saturated carbocycles. The second-order valence-corrected chi connectivity index (χ2v) is 6.15. The van der Waals surface area contributed by atoms with E-state index in [1.54, 1.807) is 19.2 Å². The second kappa shape index (κ2) is 6.20. The normalized spacial score (nSPS) is 24.1. The highest BCUT2D eigenvalue weighted by Crippen LogP contribution is 2.25. The fraction of sp³-hybridized carbons (Fsp3) is 0.688. The van der Waals surface area contributed by atoms with Crippen molar-refractivity contribution < 1.29 is 13.9 Å². The van der Waals surface area contributed by atoms with Crippen LogP contribution in [0.1, 0.15) is 42.5 Å². The van der Waals surface area contributed by atoms with E-state index >= 15 is 0 Å². The molecule has 0 N–H and O–H groups in total. The largest absolute Gasteiger partial charge is 0.453 e. The summed E-state index contributed by atoms with van der Waals surface area (Å²) >= 11 is 0. The minimum absolute atomic E-state index is 0.00161. The van der Waals surface area contributed by atoms with Crippen LogP contribution < -0.4 is 0 Å². The molecule has 0 spiro atoms. The van der Waals surface area contributed by atoms with Crippen molar-refractivity contribution in [1.82, 2.24) is 9.80 Å². The Labute approximate surface area is 125 Å². The summed E-state index contributed by atoms with van der Waals surface area (Å²) in [7, 11) is 1.61. The molecule has 3 rings (SSSR count). The van der Waals surface area contributed by atoms with E-state index in [-0.39, 0.29) is 5.91 Å². The van der Waals surface area contributed by atoms with Crippen LogP contribution in [-0.2, 0) is 11.3 Å². The molecule has 5 nitrogen and oxygen atoms in total. The SMILES string of the molecule is COCc1ccc(C(=O)N2CC(N3CCCC[C@@H]3C)C2)o1. The van der Waals surface area contributed by atoms with Crippen molar-refractivity contribution in [1.29, 1.82) is 0 Å². The predicted octanol–water partition coefficient (Wildman–Crippen LogP) is 2.12. The van der Waals surface area contributed by atoms with Gasteiger partial charge in [0.25, 0.3) is 5.91 Å². The van der Waals surface area contributed by atoms with E-state index in [1.165, 1.54) is 25.8 Å². The van der Waals surface area contributed by atoms with Gasteiger partial charge in [-0.25, -0.2) is 0 Å². The Morgan fingerprint density at radius 2 is 2.19 bits per heavy atom. The van der Waals surface area contributed by atoms with Crippen molar-refractivity contribution in [2.75, 3.05) is 26.7 Å². The first-order chi connectivity index (χ1) is 10.2. The first kappa shape index (κ1) is 14.6. The van der Waals surface area contributed by atoms with Crippen LogP contribution in [0.25, 0.3) is 0 Å². The maximum atomic E-state index is 12.3. The highest BCUT2D eigenvalue weighted by molar-refractivity contribution is 5.92. The molecule has 2 aliphatic rings. The zero-order valence-electron chi connectivity index (χ0n) is 12.9. The van der Waals surface area contributed by atoms with Gasteiger partial charge in [-0.1, -0.05) is 6.42 Å². The quantitative estimate of drug-likeness (QED) is 0.853. The van der Waals surface area contributed by atoms with E-state index in [0.717, 1.165) is 13.1 Å². The number of ether oxygens (including phenoxy) is 1. The van der Waals surface area contributed by atoms with Gasteiger partial charge in [0.1, 0.15) is 12.4 Å². The van der Waals surface area contributed by atoms with Crippen LogP contribution in [0.4, 0.5) is 0 Å². The molecule has 2 aliphatic heterocycles. The average molecular weight is 292 g/mol. The monoisotopic (exact) mass is 292 g/mol. The van der Waals surface area contributed by atoms with Crippen LogP contribution in [0.5, 0.6) is 0 Å². The average Bonchev–Trinajstić information content (AvgIpc) is 2.88. The summed E-state index contributed by atoms with van der Waals surface area (Å²) in [6.45, 7) is 5.52. The summed E-state index contributed by atoms with van der Waals surface area (Å²) in [6.07, 6.45) is 3.90. The van der Waals surface area contributed by atoms with Gasteiger partial charge in [0.2, 0.25) is 0 Å². The van der Waals surface area contributed by atoms with Crippen molar-refractivity contribution >= 4 is 5.91 Å². The molecule has 21 heavy (non-hydrogen) atoms. The van der Waals surface area contributed by atoms with Gasteiger partial charge < -0.3 is 14.1 Å². The number of hydrogen-bond acceptors (Lipinski definition) is 4. The molecular weight excluding hydrogens is 268 g/mol. The van der Waals surface area contributed by atoms with Gasteiger partial charge in [0.15, 0.2) is 5.76 Å². The number of carbonyl (C=O) groups is 1. The molecule has 1 amide bonds. The van der Waals surface area contributed by atoms with Gasteiger partial charge in [0.05, 0.1) is 0 Å². The third kappa shape index (κ3) is 2.99. The number of rotatable bonds is 4. The molecule has 0 radical (unpaired) electrons. The molecule has 5 heteroatoms.